The number of hydrogen-bond donors (Lipinski definition) is 3. The van der Waals surface area contributed by atoms with Gasteiger partial charge >= 0.3 is 0 Å². The van der Waals surface area contributed by atoms with E-state index in [2.05, 4.69) is 16.0 Å². The molecule has 0 aliphatic carbocycles. The van der Waals surface area contributed by atoms with E-state index in [1.165, 1.54) is 36.0 Å². The summed E-state index contributed by atoms with van der Waals surface area (Å²) in [4.78, 5) is 39.2. The highest BCUT2D eigenvalue weighted by Crippen LogP contribution is 2.26. The van der Waals surface area contributed by atoms with Crippen molar-refractivity contribution in [3.05, 3.63) is 132 Å². The lowest BCUT2D eigenvalue weighted by molar-refractivity contribution is -0.115. The van der Waals surface area contributed by atoms with Gasteiger partial charge < -0.3 is 16.0 Å². The summed E-state index contributed by atoms with van der Waals surface area (Å²) in [5.74, 6) is -1.46. The molecule has 1 unspecified atom stereocenters. The van der Waals surface area contributed by atoms with Gasteiger partial charge in [-0.25, -0.2) is 4.39 Å². The third kappa shape index (κ3) is 8.15. The van der Waals surface area contributed by atoms with Crippen molar-refractivity contribution in [1.82, 2.24) is 5.32 Å². The third-order valence-corrected chi connectivity index (χ3v) is 6.66. The van der Waals surface area contributed by atoms with Gasteiger partial charge in [-0.15, -0.1) is 11.8 Å². The van der Waals surface area contributed by atoms with Crippen LogP contribution >= 0.6 is 11.8 Å². The lowest BCUT2D eigenvalue weighted by Gasteiger charge is -2.13. The van der Waals surface area contributed by atoms with Gasteiger partial charge in [-0.1, -0.05) is 48.5 Å². The fourth-order valence-corrected chi connectivity index (χ4v) is 4.38. The molecular weight excluding hydrogens is 513 g/mol. The molecule has 0 bridgehead atoms. The van der Waals surface area contributed by atoms with Crippen molar-refractivity contribution in [3.63, 3.8) is 0 Å². The summed E-state index contributed by atoms with van der Waals surface area (Å²) in [6.07, 6.45) is 1.61. The molecule has 4 aromatic carbocycles. The minimum absolute atomic E-state index is 0.0968. The Morgan fingerprint density at radius 1 is 0.744 bits per heavy atom. The Bertz CT molecular complexity index is 1460. The van der Waals surface area contributed by atoms with Gasteiger partial charge in [-0.3, -0.25) is 14.4 Å². The average Bonchev–Trinajstić information content (AvgIpc) is 2.96. The highest BCUT2D eigenvalue weighted by molar-refractivity contribution is 8.00. The SMILES string of the molecule is CC(Sc1ccc(NC(=O)/C(=C/c2ccccc2)NC(=O)c2ccccc2)cc1)C(=O)Nc1ccc(F)cc1. The van der Waals surface area contributed by atoms with Gasteiger partial charge in [0, 0.05) is 21.8 Å². The maximum absolute atomic E-state index is 13.2. The minimum atomic E-state index is -0.476. The monoisotopic (exact) mass is 539 g/mol. The Balaban J connectivity index is 1.41. The number of hydrogen-bond acceptors (Lipinski definition) is 4. The average molecular weight is 540 g/mol. The number of amides is 3. The van der Waals surface area contributed by atoms with Gasteiger partial charge in [-0.05, 0) is 79.2 Å². The zero-order valence-corrected chi connectivity index (χ0v) is 21.9. The van der Waals surface area contributed by atoms with E-state index in [0.29, 0.717) is 16.9 Å². The van der Waals surface area contributed by atoms with E-state index in [0.717, 1.165) is 10.5 Å². The molecule has 4 rings (SSSR count). The first-order chi connectivity index (χ1) is 18.9. The van der Waals surface area contributed by atoms with E-state index in [4.69, 9.17) is 0 Å². The molecule has 0 saturated heterocycles. The number of carbonyl (C=O) groups excluding carboxylic acids is 3. The quantitative estimate of drug-likeness (QED) is 0.171. The molecule has 0 saturated carbocycles. The van der Waals surface area contributed by atoms with Crippen molar-refractivity contribution in [2.75, 3.05) is 10.6 Å². The molecular formula is C31H26FN3O3S. The molecule has 0 spiro atoms. The topological polar surface area (TPSA) is 87.3 Å². The first kappa shape index (κ1) is 27.3. The molecule has 196 valence electrons. The highest BCUT2D eigenvalue weighted by atomic mass is 32.2. The lowest BCUT2D eigenvalue weighted by Crippen LogP contribution is -2.30. The number of rotatable bonds is 9. The molecule has 3 amide bonds. The predicted molar refractivity (Wildman–Crippen MR) is 154 cm³/mol. The van der Waals surface area contributed by atoms with E-state index in [1.54, 1.807) is 61.5 Å². The summed E-state index contributed by atoms with van der Waals surface area (Å²) < 4.78 is 13.1. The second kappa shape index (κ2) is 13.2. The fourth-order valence-electron chi connectivity index (χ4n) is 3.51. The van der Waals surface area contributed by atoms with Crippen molar-refractivity contribution >= 4 is 46.9 Å². The van der Waals surface area contributed by atoms with Crippen LogP contribution in [0.4, 0.5) is 15.8 Å². The van der Waals surface area contributed by atoms with E-state index in [1.807, 2.05) is 36.4 Å². The minimum Gasteiger partial charge on any atom is -0.325 e. The number of nitrogens with one attached hydrogen (secondary N) is 3. The van der Waals surface area contributed by atoms with Crippen LogP contribution in [-0.2, 0) is 9.59 Å². The van der Waals surface area contributed by atoms with Gasteiger partial charge in [0.1, 0.15) is 11.5 Å². The summed E-state index contributed by atoms with van der Waals surface area (Å²) in [7, 11) is 0. The molecule has 8 heteroatoms. The van der Waals surface area contributed by atoms with E-state index < -0.39 is 17.1 Å². The van der Waals surface area contributed by atoms with Crippen molar-refractivity contribution < 1.29 is 18.8 Å². The Morgan fingerprint density at radius 2 is 1.31 bits per heavy atom. The molecule has 0 aliphatic rings. The Morgan fingerprint density at radius 3 is 1.95 bits per heavy atom. The number of benzene rings is 4. The van der Waals surface area contributed by atoms with Crippen molar-refractivity contribution in [2.24, 2.45) is 0 Å². The standard InChI is InChI=1S/C31H26FN3O3S/c1-21(29(36)33-25-14-12-24(32)13-15-25)39-27-18-16-26(17-19-27)34-31(38)28(20-22-8-4-2-5-9-22)35-30(37)23-10-6-3-7-11-23/h2-21H,1H3,(H,33,36)(H,34,38)(H,35,37)/b28-20-. The zero-order chi connectivity index (χ0) is 27.6. The van der Waals surface area contributed by atoms with E-state index in [-0.39, 0.29) is 17.4 Å². The summed E-state index contributed by atoms with van der Waals surface area (Å²) in [6.45, 7) is 1.77. The van der Waals surface area contributed by atoms with E-state index in [9.17, 15) is 18.8 Å². The Kier molecular flexibility index (Phi) is 9.26. The molecule has 4 aromatic rings. The molecule has 6 nitrogen and oxygen atoms in total. The smallest absolute Gasteiger partial charge is 0.272 e. The molecule has 1 atom stereocenters. The normalized spacial score (nSPS) is 11.8. The van der Waals surface area contributed by atoms with Crippen LogP contribution in [0, 0.1) is 5.82 Å². The predicted octanol–water partition coefficient (Wildman–Crippen LogP) is 6.35. The summed E-state index contributed by atoms with van der Waals surface area (Å²) in [6, 6.07) is 30.5. The van der Waals surface area contributed by atoms with Crippen LogP contribution in [0.3, 0.4) is 0 Å². The Labute approximate surface area is 230 Å². The van der Waals surface area contributed by atoms with Crippen LogP contribution < -0.4 is 16.0 Å². The maximum atomic E-state index is 13.2. The van der Waals surface area contributed by atoms with Gasteiger partial charge in [0.25, 0.3) is 11.8 Å². The number of carbonyl (C=O) groups is 3. The third-order valence-electron chi connectivity index (χ3n) is 5.55. The van der Waals surface area contributed by atoms with Crippen LogP contribution in [0.15, 0.2) is 120 Å². The summed E-state index contributed by atoms with van der Waals surface area (Å²) >= 11 is 1.35. The Hall–Kier alpha value is -4.69. The second-order valence-corrected chi connectivity index (χ2v) is 9.94. The largest absolute Gasteiger partial charge is 0.325 e. The molecule has 0 heterocycles. The van der Waals surface area contributed by atoms with Crippen molar-refractivity contribution in [1.29, 1.82) is 0 Å². The van der Waals surface area contributed by atoms with Crippen molar-refractivity contribution in [3.8, 4) is 0 Å². The van der Waals surface area contributed by atoms with Gasteiger partial charge in [-0.2, -0.15) is 0 Å². The van der Waals surface area contributed by atoms with Crippen LogP contribution in [0.5, 0.6) is 0 Å². The number of thioether (sulfide) groups is 1. The second-order valence-electron chi connectivity index (χ2n) is 8.52. The molecule has 0 radical (unpaired) electrons. The van der Waals surface area contributed by atoms with Crippen LogP contribution in [0.1, 0.15) is 22.8 Å². The lowest BCUT2D eigenvalue weighted by atomic mass is 10.1. The molecule has 39 heavy (non-hydrogen) atoms. The van der Waals surface area contributed by atoms with Crippen molar-refractivity contribution in [2.45, 2.75) is 17.1 Å². The molecule has 3 N–H and O–H groups in total. The molecule has 0 aliphatic heterocycles. The number of anilines is 2. The van der Waals surface area contributed by atoms with Crippen LogP contribution in [0.2, 0.25) is 0 Å². The first-order valence-electron chi connectivity index (χ1n) is 12.1. The molecule has 0 fully saturated rings. The maximum Gasteiger partial charge on any atom is 0.272 e. The van der Waals surface area contributed by atoms with Crippen LogP contribution in [-0.4, -0.2) is 23.0 Å². The van der Waals surface area contributed by atoms with Gasteiger partial charge in [0.05, 0.1) is 5.25 Å². The van der Waals surface area contributed by atoms with Gasteiger partial charge in [0.15, 0.2) is 0 Å². The van der Waals surface area contributed by atoms with Crippen LogP contribution in [0.25, 0.3) is 6.08 Å². The summed E-state index contributed by atoms with van der Waals surface area (Å²) in [5, 5.41) is 7.88. The van der Waals surface area contributed by atoms with Gasteiger partial charge in [0.2, 0.25) is 5.91 Å². The highest BCUT2D eigenvalue weighted by Gasteiger charge is 2.17. The summed E-state index contributed by atoms with van der Waals surface area (Å²) in [5.41, 5.74) is 2.34. The van der Waals surface area contributed by atoms with E-state index >= 15 is 0 Å². The zero-order valence-electron chi connectivity index (χ0n) is 21.1. The first-order valence-corrected chi connectivity index (χ1v) is 13.0. The fraction of sp³-hybridized carbons (Fsp3) is 0.0645. The molecule has 0 aromatic heterocycles. The number of halogens is 1.